The number of benzene rings is 1. The van der Waals surface area contributed by atoms with Crippen LogP contribution in [0.25, 0.3) is 0 Å². The smallest absolute Gasteiger partial charge is 0.264 e. The van der Waals surface area contributed by atoms with Gasteiger partial charge in [0, 0.05) is 32.1 Å². The first kappa shape index (κ1) is 22.2. The second-order valence-electron chi connectivity index (χ2n) is 8.92. The Bertz CT molecular complexity index is 935. The van der Waals surface area contributed by atoms with Gasteiger partial charge in [0.15, 0.2) is 20.9 Å². The molecule has 8 nitrogen and oxygen atoms in total. The lowest BCUT2D eigenvalue weighted by Crippen LogP contribution is -2.52. The molecule has 2 fully saturated rings. The molecule has 170 valence electrons. The molecule has 3 aliphatic rings. The van der Waals surface area contributed by atoms with Crippen LogP contribution < -0.4 is 5.48 Å². The van der Waals surface area contributed by atoms with Crippen LogP contribution in [-0.4, -0.2) is 50.0 Å². The number of nitrogens with zero attached hydrogens (tertiary/aromatic N) is 1. The van der Waals surface area contributed by atoms with Crippen molar-refractivity contribution in [2.45, 2.75) is 74.9 Å². The Balaban J connectivity index is 1.38. The summed E-state index contributed by atoms with van der Waals surface area (Å²) < 4.78 is 28.8. The van der Waals surface area contributed by atoms with Crippen molar-refractivity contribution in [1.29, 1.82) is 0 Å². The van der Waals surface area contributed by atoms with Gasteiger partial charge in [0.1, 0.15) is 6.10 Å². The highest BCUT2D eigenvalue weighted by Crippen LogP contribution is 2.40. The van der Waals surface area contributed by atoms with Gasteiger partial charge in [-0.05, 0) is 49.7 Å². The molecular formula is C22H30N2O6S. The van der Waals surface area contributed by atoms with E-state index in [9.17, 15) is 13.2 Å². The van der Waals surface area contributed by atoms with Crippen molar-refractivity contribution in [3.63, 3.8) is 0 Å². The van der Waals surface area contributed by atoms with Crippen molar-refractivity contribution in [2.75, 3.05) is 12.9 Å². The number of rotatable bonds is 8. The molecule has 0 aromatic heterocycles. The Morgan fingerprint density at radius 1 is 1.23 bits per heavy atom. The van der Waals surface area contributed by atoms with Crippen molar-refractivity contribution < 1.29 is 27.6 Å². The van der Waals surface area contributed by atoms with E-state index in [1.807, 2.05) is 12.1 Å². The van der Waals surface area contributed by atoms with Crippen molar-refractivity contribution in [2.24, 2.45) is 5.16 Å². The molecular weight excluding hydrogens is 420 g/mol. The Labute approximate surface area is 183 Å². The zero-order chi connectivity index (χ0) is 22.1. The zero-order valence-corrected chi connectivity index (χ0v) is 18.8. The molecule has 1 aliphatic carbocycles. The van der Waals surface area contributed by atoms with E-state index in [1.54, 1.807) is 0 Å². The van der Waals surface area contributed by atoms with Crippen LogP contribution in [0.4, 0.5) is 0 Å². The van der Waals surface area contributed by atoms with Crippen LogP contribution in [0.15, 0.2) is 29.4 Å². The van der Waals surface area contributed by atoms with E-state index in [0.29, 0.717) is 25.4 Å². The molecule has 1 aromatic carbocycles. The van der Waals surface area contributed by atoms with Gasteiger partial charge in [-0.3, -0.25) is 4.79 Å². The fraction of sp³-hybridized carbons (Fsp3) is 0.636. The van der Waals surface area contributed by atoms with Gasteiger partial charge < -0.3 is 9.57 Å². The first-order valence-corrected chi connectivity index (χ1v) is 12.8. The lowest BCUT2D eigenvalue weighted by Gasteiger charge is -2.29. The van der Waals surface area contributed by atoms with Gasteiger partial charge >= 0.3 is 0 Å². The molecule has 9 heteroatoms. The Hall–Kier alpha value is -1.97. The van der Waals surface area contributed by atoms with Crippen LogP contribution in [-0.2, 0) is 29.0 Å². The number of carbonyl (C=O) groups is 1. The van der Waals surface area contributed by atoms with E-state index < -0.39 is 32.9 Å². The number of nitrogens with one attached hydrogen (secondary N) is 1. The van der Waals surface area contributed by atoms with E-state index in [2.05, 4.69) is 22.8 Å². The molecule has 2 unspecified atom stereocenters. The van der Waals surface area contributed by atoms with Gasteiger partial charge in [-0.25, -0.2) is 18.7 Å². The maximum atomic E-state index is 12.8. The summed E-state index contributed by atoms with van der Waals surface area (Å²) in [4.78, 5) is 23.7. The molecule has 2 aliphatic heterocycles. The topological polar surface area (TPSA) is 103 Å². The Kier molecular flexibility index (Phi) is 6.37. The highest BCUT2D eigenvalue weighted by atomic mass is 32.2. The van der Waals surface area contributed by atoms with Gasteiger partial charge in [-0.1, -0.05) is 29.4 Å². The minimum absolute atomic E-state index is 0.0281. The Morgan fingerprint density at radius 2 is 1.97 bits per heavy atom. The highest BCUT2D eigenvalue weighted by Gasteiger charge is 2.47. The number of hydrogen-bond acceptors (Lipinski definition) is 7. The van der Waals surface area contributed by atoms with Gasteiger partial charge in [0.25, 0.3) is 5.91 Å². The summed E-state index contributed by atoms with van der Waals surface area (Å²) in [5.74, 6) is -0.0474. The van der Waals surface area contributed by atoms with E-state index >= 15 is 0 Å². The predicted molar refractivity (Wildman–Crippen MR) is 115 cm³/mol. The minimum atomic E-state index is -3.76. The second-order valence-corrected chi connectivity index (χ2v) is 11.4. The van der Waals surface area contributed by atoms with Gasteiger partial charge in [0.05, 0.1) is 5.71 Å². The minimum Gasteiger partial charge on any atom is -0.392 e. The number of amides is 1. The van der Waals surface area contributed by atoms with E-state index in [-0.39, 0.29) is 6.42 Å². The van der Waals surface area contributed by atoms with Crippen LogP contribution in [0.3, 0.4) is 0 Å². The van der Waals surface area contributed by atoms with Crippen molar-refractivity contribution in [3.8, 4) is 0 Å². The number of hydrogen-bond donors (Lipinski definition) is 1. The average molecular weight is 451 g/mol. The average Bonchev–Trinajstić information content (AvgIpc) is 3.51. The van der Waals surface area contributed by atoms with E-state index in [1.165, 1.54) is 25.3 Å². The molecule has 0 spiro atoms. The third-order valence-corrected chi connectivity index (χ3v) is 8.35. The molecule has 0 radical (unpaired) electrons. The fourth-order valence-corrected chi connectivity index (χ4v) is 4.82. The number of carbonyl (C=O) groups excluding carboxylic acids is 1. The van der Waals surface area contributed by atoms with Gasteiger partial charge in [0.2, 0.25) is 0 Å². The summed E-state index contributed by atoms with van der Waals surface area (Å²) in [7, 11) is -3.76. The van der Waals surface area contributed by atoms with Crippen molar-refractivity contribution in [1.82, 2.24) is 5.48 Å². The first-order valence-electron chi connectivity index (χ1n) is 10.9. The summed E-state index contributed by atoms with van der Waals surface area (Å²) in [5, 5.41) is 4.16. The molecule has 1 saturated heterocycles. The lowest BCUT2D eigenvalue weighted by molar-refractivity contribution is -0.201. The summed E-state index contributed by atoms with van der Waals surface area (Å²) in [5.41, 5.74) is 5.35. The maximum absolute atomic E-state index is 12.8. The first-order chi connectivity index (χ1) is 14.8. The molecule has 2 heterocycles. The van der Waals surface area contributed by atoms with Crippen LogP contribution in [0.5, 0.6) is 0 Å². The quantitative estimate of drug-likeness (QED) is 0.611. The lowest BCUT2D eigenvalue weighted by atomic mass is 9.96. The third kappa shape index (κ3) is 5.10. The predicted octanol–water partition coefficient (Wildman–Crippen LogP) is 2.82. The number of hydroxylamine groups is 1. The maximum Gasteiger partial charge on any atom is 0.264 e. The molecule has 0 bridgehead atoms. The van der Waals surface area contributed by atoms with Crippen molar-refractivity contribution >= 4 is 21.5 Å². The summed E-state index contributed by atoms with van der Waals surface area (Å²) in [6.45, 7) is 1.95. The molecule has 4 rings (SSSR count). The molecule has 1 N–H and O–H groups in total. The van der Waals surface area contributed by atoms with Crippen LogP contribution in [0.2, 0.25) is 0 Å². The number of ether oxygens (including phenoxy) is 1. The van der Waals surface area contributed by atoms with E-state index in [0.717, 1.165) is 30.4 Å². The molecule has 31 heavy (non-hydrogen) atoms. The highest BCUT2D eigenvalue weighted by molar-refractivity contribution is 7.92. The Morgan fingerprint density at radius 3 is 2.58 bits per heavy atom. The zero-order valence-electron chi connectivity index (χ0n) is 18.0. The standard InChI is InChI=1S/C22H30N2O6S/c1-22(31(2,26)27,21(25)24-30-20-5-3-4-12-28-20)14-18-13-19(23-29-18)17-10-8-16(9-11-17)15-6-7-15/h8-11,15,18,20H,3-7,12-14H2,1-2H3,(H,24,25)/t18?,20?,22-/m1/s1. The van der Waals surface area contributed by atoms with E-state index in [4.69, 9.17) is 14.4 Å². The SMILES string of the molecule is C[C@@](CC1CC(c2ccc(C3CC3)cc2)=NO1)(C(=O)NOC1CCCCO1)S(C)(=O)=O. The van der Waals surface area contributed by atoms with Crippen LogP contribution in [0.1, 0.15) is 68.9 Å². The summed E-state index contributed by atoms with van der Waals surface area (Å²) >= 11 is 0. The summed E-state index contributed by atoms with van der Waals surface area (Å²) in [6.07, 6.45) is 5.40. The van der Waals surface area contributed by atoms with Gasteiger partial charge in [-0.2, -0.15) is 0 Å². The summed E-state index contributed by atoms with van der Waals surface area (Å²) in [6, 6.07) is 8.28. The monoisotopic (exact) mass is 450 g/mol. The second kappa shape index (κ2) is 8.88. The number of sulfone groups is 1. The normalized spacial score (nSPS) is 25.9. The van der Waals surface area contributed by atoms with Crippen molar-refractivity contribution in [3.05, 3.63) is 35.4 Å². The molecule has 1 amide bonds. The van der Waals surface area contributed by atoms with Crippen LogP contribution >= 0.6 is 0 Å². The largest absolute Gasteiger partial charge is 0.392 e. The fourth-order valence-electron chi connectivity index (χ4n) is 3.95. The molecule has 1 aromatic rings. The molecule has 1 saturated carbocycles. The van der Waals surface area contributed by atoms with Gasteiger partial charge in [-0.15, -0.1) is 0 Å². The third-order valence-electron chi connectivity index (χ3n) is 6.36. The molecule has 3 atom stereocenters. The number of oxime groups is 1. The van der Waals surface area contributed by atoms with Crippen LogP contribution in [0, 0.1) is 0 Å².